The van der Waals surface area contributed by atoms with Gasteiger partial charge in [-0.25, -0.2) is 9.78 Å². The minimum atomic E-state index is -0.438. The monoisotopic (exact) mass is 257 g/mol. The number of carbonyl (C=O) groups excluding carboxylic acids is 2. The van der Waals surface area contributed by atoms with Gasteiger partial charge in [-0.1, -0.05) is 0 Å². The summed E-state index contributed by atoms with van der Waals surface area (Å²) in [7, 11) is 3.03. The maximum atomic E-state index is 11.1. The number of likely N-dealkylation sites (N-methyl/N-ethyl adjacent to an activating group) is 1. The molecule has 0 unspecified atom stereocenters. The summed E-state index contributed by atoms with van der Waals surface area (Å²) in [5.74, 6) is -0.496. The Balaban J connectivity index is 2.35. The van der Waals surface area contributed by atoms with Gasteiger partial charge in [0.1, 0.15) is 0 Å². The van der Waals surface area contributed by atoms with Crippen LogP contribution in [0.5, 0.6) is 0 Å². The molecule has 94 valence electrons. The molecule has 0 aliphatic heterocycles. The number of thiazole rings is 1. The number of aromatic nitrogens is 1. The molecule has 6 nitrogen and oxygen atoms in total. The number of rotatable bonds is 6. The van der Waals surface area contributed by atoms with Gasteiger partial charge in [-0.15, -0.1) is 11.3 Å². The molecule has 7 heteroatoms. The van der Waals surface area contributed by atoms with Crippen molar-refractivity contribution < 1.29 is 14.3 Å². The van der Waals surface area contributed by atoms with Gasteiger partial charge in [-0.2, -0.15) is 0 Å². The lowest BCUT2D eigenvalue weighted by molar-refractivity contribution is -0.120. The Morgan fingerprint density at radius 1 is 1.53 bits per heavy atom. The average Bonchev–Trinajstić information content (AvgIpc) is 2.77. The summed E-state index contributed by atoms with van der Waals surface area (Å²) in [4.78, 5) is 26.4. The highest BCUT2D eigenvalue weighted by molar-refractivity contribution is 7.09. The van der Waals surface area contributed by atoms with E-state index in [2.05, 4.69) is 20.4 Å². The zero-order valence-corrected chi connectivity index (χ0v) is 10.6. The molecule has 0 bridgehead atoms. The Morgan fingerprint density at radius 3 is 2.94 bits per heavy atom. The topological polar surface area (TPSA) is 80.3 Å². The Morgan fingerprint density at radius 2 is 2.29 bits per heavy atom. The Labute approximate surface area is 103 Å². The summed E-state index contributed by atoms with van der Waals surface area (Å²) < 4.78 is 4.55. The molecule has 2 N–H and O–H groups in total. The van der Waals surface area contributed by atoms with E-state index in [1.54, 1.807) is 12.4 Å². The number of nitrogens with one attached hydrogen (secondary N) is 2. The highest BCUT2D eigenvalue weighted by atomic mass is 32.1. The van der Waals surface area contributed by atoms with E-state index in [4.69, 9.17) is 0 Å². The van der Waals surface area contributed by atoms with Crippen LogP contribution >= 0.6 is 11.3 Å². The van der Waals surface area contributed by atoms with Crippen LogP contribution in [0.15, 0.2) is 5.38 Å². The van der Waals surface area contributed by atoms with Crippen LogP contribution in [0, 0.1) is 0 Å². The highest BCUT2D eigenvalue weighted by Crippen LogP contribution is 2.10. The zero-order chi connectivity index (χ0) is 12.7. The van der Waals surface area contributed by atoms with Gasteiger partial charge in [-0.3, -0.25) is 4.79 Å². The number of amides is 1. The van der Waals surface area contributed by atoms with E-state index < -0.39 is 5.97 Å². The van der Waals surface area contributed by atoms with Crippen molar-refractivity contribution in [3.05, 3.63) is 16.1 Å². The van der Waals surface area contributed by atoms with Crippen LogP contribution in [0.3, 0.4) is 0 Å². The number of nitrogens with zero attached hydrogens (tertiary/aromatic N) is 1. The quantitative estimate of drug-likeness (QED) is 0.690. The van der Waals surface area contributed by atoms with E-state index in [1.807, 2.05) is 0 Å². The number of hydrogen-bond acceptors (Lipinski definition) is 6. The first-order chi connectivity index (χ1) is 8.17. The van der Waals surface area contributed by atoms with Crippen molar-refractivity contribution in [1.82, 2.24) is 15.6 Å². The molecule has 0 aliphatic rings. The lowest BCUT2D eigenvalue weighted by atomic mass is 10.4. The number of esters is 1. The lowest BCUT2D eigenvalue weighted by Crippen LogP contribution is -2.33. The van der Waals surface area contributed by atoms with Crippen LogP contribution in [0.25, 0.3) is 0 Å². The summed E-state index contributed by atoms with van der Waals surface area (Å²) >= 11 is 1.38. The number of carbonyl (C=O) groups is 2. The van der Waals surface area contributed by atoms with Gasteiger partial charge >= 0.3 is 5.97 Å². The van der Waals surface area contributed by atoms with Crippen LogP contribution in [0.4, 0.5) is 0 Å². The minimum Gasteiger partial charge on any atom is -0.464 e. The molecule has 0 aliphatic carbocycles. The molecular formula is C10H15N3O3S. The van der Waals surface area contributed by atoms with E-state index in [-0.39, 0.29) is 5.91 Å². The van der Waals surface area contributed by atoms with Gasteiger partial charge in [-0.05, 0) is 7.05 Å². The van der Waals surface area contributed by atoms with Crippen molar-refractivity contribution in [2.45, 2.75) is 6.42 Å². The van der Waals surface area contributed by atoms with E-state index in [0.29, 0.717) is 25.2 Å². The van der Waals surface area contributed by atoms with E-state index in [1.165, 1.54) is 18.4 Å². The van der Waals surface area contributed by atoms with Gasteiger partial charge in [0.05, 0.1) is 18.7 Å². The molecule has 1 heterocycles. The first kappa shape index (κ1) is 13.6. The van der Waals surface area contributed by atoms with Crippen LogP contribution < -0.4 is 10.6 Å². The lowest BCUT2D eigenvalue weighted by Gasteiger charge is -2.02. The van der Waals surface area contributed by atoms with Crippen LogP contribution in [0.2, 0.25) is 0 Å². The summed E-state index contributed by atoms with van der Waals surface area (Å²) in [6.45, 7) is 0.805. The fourth-order valence-electron chi connectivity index (χ4n) is 1.16. The SMILES string of the molecule is CNCC(=O)NCCc1nc(C(=O)OC)cs1. The molecule has 0 saturated carbocycles. The third kappa shape index (κ3) is 4.49. The number of methoxy groups -OCH3 is 1. The molecule has 0 fully saturated rings. The van der Waals surface area contributed by atoms with Crippen molar-refractivity contribution >= 4 is 23.2 Å². The molecule has 0 aromatic carbocycles. The smallest absolute Gasteiger partial charge is 0.357 e. The molecule has 0 spiro atoms. The van der Waals surface area contributed by atoms with Gasteiger partial charge in [0.2, 0.25) is 5.91 Å². The van der Waals surface area contributed by atoms with Crippen LogP contribution in [0.1, 0.15) is 15.5 Å². The molecule has 0 atom stereocenters. The first-order valence-corrected chi connectivity index (χ1v) is 5.99. The van der Waals surface area contributed by atoms with Crippen molar-refractivity contribution in [2.24, 2.45) is 0 Å². The molecule has 0 saturated heterocycles. The molecular weight excluding hydrogens is 242 g/mol. The molecule has 1 aromatic rings. The summed E-state index contributed by atoms with van der Waals surface area (Å²) in [6.07, 6.45) is 0.608. The first-order valence-electron chi connectivity index (χ1n) is 5.11. The maximum absolute atomic E-state index is 11.1. The fourth-order valence-corrected chi connectivity index (χ4v) is 1.92. The largest absolute Gasteiger partial charge is 0.464 e. The van der Waals surface area contributed by atoms with Gasteiger partial charge in [0.15, 0.2) is 5.69 Å². The highest BCUT2D eigenvalue weighted by Gasteiger charge is 2.10. The Hall–Kier alpha value is -1.47. The predicted molar refractivity (Wildman–Crippen MR) is 64.1 cm³/mol. The fraction of sp³-hybridized carbons (Fsp3) is 0.500. The second-order valence-electron chi connectivity index (χ2n) is 3.25. The second-order valence-corrected chi connectivity index (χ2v) is 4.19. The summed E-state index contributed by atoms with van der Waals surface area (Å²) in [5, 5.41) is 7.94. The van der Waals surface area contributed by atoms with Gasteiger partial charge in [0, 0.05) is 18.3 Å². The zero-order valence-electron chi connectivity index (χ0n) is 9.78. The molecule has 17 heavy (non-hydrogen) atoms. The normalized spacial score (nSPS) is 10.0. The molecule has 0 radical (unpaired) electrons. The average molecular weight is 257 g/mol. The molecule has 1 rings (SSSR count). The Bertz CT molecular complexity index is 392. The van der Waals surface area contributed by atoms with Crippen LogP contribution in [-0.4, -0.2) is 44.1 Å². The molecule has 1 aromatic heterocycles. The Kier molecular flexibility index (Phi) is 5.58. The van der Waals surface area contributed by atoms with Crippen LogP contribution in [-0.2, 0) is 16.0 Å². The van der Waals surface area contributed by atoms with Crippen molar-refractivity contribution in [3.63, 3.8) is 0 Å². The van der Waals surface area contributed by atoms with Gasteiger partial charge in [0.25, 0.3) is 0 Å². The third-order valence-electron chi connectivity index (χ3n) is 1.94. The van der Waals surface area contributed by atoms with E-state index >= 15 is 0 Å². The predicted octanol–water partition coefficient (Wildman–Crippen LogP) is -0.192. The van der Waals surface area contributed by atoms with Crippen molar-refractivity contribution in [1.29, 1.82) is 0 Å². The van der Waals surface area contributed by atoms with Crippen molar-refractivity contribution in [2.75, 3.05) is 27.2 Å². The van der Waals surface area contributed by atoms with Gasteiger partial charge < -0.3 is 15.4 Å². The second kappa shape index (κ2) is 6.97. The van der Waals surface area contributed by atoms with E-state index in [9.17, 15) is 9.59 Å². The summed E-state index contributed by atoms with van der Waals surface area (Å²) in [6, 6.07) is 0. The number of hydrogen-bond donors (Lipinski definition) is 2. The third-order valence-corrected chi connectivity index (χ3v) is 2.85. The molecule has 1 amide bonds. The maximum Gasteiger partial charge on any atom is 0.357 e. The summed E-state index contributed by atoms with van der Waals surface area (Å²) in [5.41, 5.74) is 0.314. The minimum absolute atomic E-state index is 0.0581. The van der Waals surface area contributed by atoms with Crippen molar-refractivity contribution in [3.8, 4) is 0 Å². The number of ether oxygens (including phenoxy) is 1. The standard InChI is InChI=1S/C10H15N3O3S/c1-11-5-8(14)12-4-3-9-13-7(6-17-9)10(15)16-2/h6,11H,3-5H2,1-2H3,(H,12,14). The van der Waals surface area contributed by atoms with E-state index in [0.717, 1.165) is 5.01 Å².